The van der Waals surface area contributed by atoms with E-state index in [1.54, 1.807) is 0 Å². The molecule has 1 aromatic carbocycles. The van der Waals surface area contributed by atoms with E-state index < -0.39 is 5.41 Å². The van der Waals surface area contributed by atoms with Crippen molar-refractivity contribution in [3.8, 4) is 0 Å². The van der Waals surface area contributed by atoms with Crippen molar-refractivity contribution in [2.24, 2.45) is 11.3 Å². The number of carbonyl (C=O) groups is 2. The lowest BCUT2D eigenvalue weighted by Gasteiger charge is -2.29. The molecule has 1 saturated heterocycles. The molecule has 1 aromatic rings. The van der Waals surface area contributed by atoms with Crippen molar-refractivity contribution < 1.29 is 9.59 Å². The van der Waals surface area contributed by atoms with Crippen LogP contribution in [0, 0.1) is 11.3 Å². The van der Waals surface area contributed by atoms with Gasteiger partial charge in [-0.3, -0.25) is 14.5 Å². The van der Waals surface area contributed by atoms with Crippen LogP contribution in [-0.2, 0) is 9.59 Å². The number of nitrogens with zero attached hydrogens (tertiary/aromatic N) is 1. The summed E-state index contributed by atoms with van der Waals surface area (Å²) >= 11 is 3.43. The van der Waals surface area contributed by atoms with E-state index in [1.807, 2.05) is 52.0 Å². The topological polar surface area (TPSA) is 37.4 Å². The van der Waals surface area contributed by atoms with Crippen LogP contribution in [0.15, 0.2) is 28.7 Å². The van der Waals surface area contributed by atoms with Crippen LogP contribution >= 0.6 is 15.9 Å². The summed E-state index contributed by atoms with van der Waals surface area (Å²) in [5.74, 6) is 0.0299. The molecule has 20 heavy (non-hydrogen) atoms. The van der Waals surface area contributed by atoms with Crippen molar-refractivity contribution in [1.82, 2.24) is 4.90 Å². The molecule has 0 spiro atoms. The lowest BCUT2D eigenvalue weighted by atomic mass is 9.78. The molecule has 1 fully saturated rings. The summed E-state index contributed by atoms with van der Waals surface area (Å²) in [5.41, 5.74) is 0.395. The highest BCUT2D eigenvalue weighted by Gasteiger charge is 2.51. The van der Waals surface area contributed by atoms with E-state index in [0.717, 1.165) is 10.0 Å². The highest BCUT2D eigenvalue weighted by molar-refractivity contribution is 9.10. The van der Waals surface area contributed by atoms with Crippen LogP contribution in [-0.4, -0.2) is 16.7 Å². The Hall–Kier alpha value is -1.16. The van der Waals surface area contributed by atoms with Crippen LogP contribution in [0.1, 0.15) is 45.7 Å². The highest BCUT2D eigenvalue weighted by atomic mass is 79.9. The standard InChI is InChI=1S/C16H20BrNO2/c1-10(2)16(4)9-14(19)18(15(16)20)11(3)12-6-5-7-13(17)8-12/h5-8,10-11H,9H2,1-4H3. The molecule has 0 saturated carbocycles. The van der Waals surface area contributed by atoms with E-state index in [-0.39, 0.29) is 23.8 Å². The molecule has 1 aliphatic heterocycles. The summed E-state index contributed by atoms with van der Waals surface area (Å²) in [6.45, 7) is 7.80. The second-order valence-corrected chi connectivity index (χ2v) is 6.96. The fraction of sp³-hybridized carbons (Fsp3) is 0.500. The molecule has 0 radical (unpaired) electrons. The second kappa shape index (κ2) is 5.32. The van der Waals surface area contributed by atoms with Crippen molar-refractivity contribution in [3.05, 3.63) is 34.3 Å². The van der Waals surface area contributed by atoms with Crippen LogP contribution in [0.2, 0.25) is 0 Å². The van der Waals surface area contributed by atoms with Crippen molar-refractivity contribution in [2.75, 3.05) is 0 Å². The van der Waals surface area contributed by atoms with Gasteiger partial charge in [0.05, 0.1) is 11.5 Å². The molecule has 0 N–H and O–H groups in total. The number of carbonyl (C=O) groups excluding carboxylic acids is 2. The van der Waals surface area contributed by atoms with Crippen molar-refractivity contribution in [3.63, 3.8) is 0 Å². The maximum absolute atomic E-state index is 12.7. The van der Waals surface area contributed by atoms with Gasteiger partial charge in [0.25, 0.3) is 0 Å². The SMILES string of the molecule is CC(c1cccc(Br)c1)N1C(=O)CC(C)(C(C)C)C1=O. The maximum Gasteiger partial charge on any atom is 0.236 e. The number of rotatable bonds is 3. The number of likely N-dealkylation sites (tertiary alicyclic amines) is 1. The normalized spacial score (nSPS) is 24.6. The molecule has 1 heterocycles. The zero-order valence-electron chi connectivity index (χ0n) is 12.3. The second-order valence-electron chi connectivity index (χ2n) is 6.05. The van der Waals surface area contributed by atoms with Crippen molar-refractivity contribution >= 4 is 27.7 Å². The maximum atomic E-state index is 12.7. The van der Waals surface area contributed by atoms with E-state index in [2.05, 4.69) is 15.9 Å². The van der Waals surface area contributed by atoms with E-state index in [0.29, 0.717) is 6.42 Å². The smallest absolute Gasteiger partial charge is 0.236 e. The Bertz CT molecular complexity index is 555. The number of benzene rings is 1. The Balaban J connectivity index is 2.34. The van der Waals surface area contributed by atoms with E-state index in [4.69, 9.17) is 0 Å². The average molecular weight is 338 g/mol. The Kier molecular flexibility index (Phi) is 4.05. The fourth-order valence-electron chi connectivity index (χ4n) is 2.62. The summed E-state index contributed by atoms with van der Waals surface area (Å²) in [4.78, 5) is 26.4. The van der Waals surface area contributed by atoms with Crippen LogP contribution < -0.4 is 0 Å². The quantitative estimate of drug-likeness (QED) is 0.783. The van der Waals surface area contributed by atoms with Gasteiger partial charge in [-0.1, -0.05) is 41.9 Å². The molecule has 4 heteroatoms. The number of hydrogen-bond acceptors (Lipinski definition) is 2. The van der Waals surface area contributed by atoms with E-state index >= 15 is 0 Å². The van der Waals surface area contributed by atoms with Crippen LogP contribution in [0.3, 0.4) is 0 Å². The number of imide groups is 1. The number of hydrogen-bond donors (Lipinski definition) is 0. The first-order valence-corrected chi connectivity index (χ1v) is 7.68. The third kappa shape index (κ3) is 2.41. The monoisotopic (exact) mass is 337 g/mol. The lowest BCUT2D eigenvalue weighted by Crippen LogP contribution is -2.38. The van der Waals surface area contributed by atoms with Crippen molar-refractivity contribution in [1.29, 1.82) is 0 Å². The number of amides is 2. The minimum atomic E-state index is -0.572. The molecule has 108 valence electrons. The van der Waals surface area contributed by atoms with E-state index in [1.165, 1.54) is 4.90 Å². The summed E-state index contributed by atoms with van der Waals surface area (Å²) in [6, 6.07) is 7.52. The molecular formula is C16H20BrNO2. The molecule has 3 nitrogen and oxygen atoms in total. The van der Waals surface area contributed by atoms with Gasteiger partial charge in [0, 0.05) is 10.9 Å². The Morgan fingerprint density at radius 1 is 1.25 bits per heavy atom. The van der Waals surface area contributed by atoms with Gasteiger partial charge in [0.1, 0.15) is 0 Å². The molecule has 2 atom stereocenters. The Labute approximate surface area is 128 Å². The fourth-order valence-corrected chi connectivity index (χ4v) is 3.04. The third-order valence-corrected chi connectivity index (χ3v) is 4.98. The summed E-state index contributed by atoms with van der Waals surface area (Å²) in [5, 5.41) is 0. The van der Waals surface area contributed by atoms with Crippen molar-refractivity contribution in [2.45, 2.75) is 40.2 Å². The van der Waals surface area contributed by atoms with Crippen LogP contribution in [0.4, 0.5) is 0 Å². The summed E-state index contributed by atoms with van der Waals surface area (Å²) in [7, 11) is 0. The molecule has 0 bridgehead atoms. The third-order valence-electron chi connectivity index (χ3n) is 4.49. The molecule has 2 amide bonds. The van der Waals surface area contributed by atoms with Gasteiger partial charge in [-0.15, -0.1) is 0 Å². The Morgan fingerprint density at radius 2 is 1.90 bits per heavy atom. The van der Waals surface area contributed by atoms with Gasteiger partial charge >= 0.3 is 0 Å². The Morgan fingerprint density at radius 3 is 2.40 bits per heavy atom. The van der Waals surface area contributed by atoms with E-state index in [9.17, 15) is 9.59 Å². The molecule has 1 aliphatic rings. The van der Waals surface area contributed by atoms with Gasteiger partial charge < -0.3 is 0 Å². The highest BCUT2D eigenvalue weighted by Crippen LogP contribution is 2.42. The largest absolute Gasteiger partial charge is 0.275 e. The molecule has 2 unspecified atom stereocenters. The average Bonchev–Trinajstić information content (AvgIpc) is 2.60. The number of halogens is 1. The summed E-state index contributed by atoms with van der Waals surface area (Å²) < 4.78 is 0.951. The molecule has 2 rings (SSSR count). The first kappa shape index (κ1) is 15.2. The molecule has 0 aliphatic carbocycles. The molecule has 0 aromatic heterocycles. The first-order chi connectivity index (χ1) is 9.27. The van der Waals surface area contributed by atoms with Crippen LogP contribution in [0.5, 0.6) is 0 Å². The zero-order valence-corrected chi connectivity index (χ0v) is 13.9. The summed E-state index contributed by atoms with van der Waals surface area (Å²) in [6.07, 6.45) is 0.307. The van der Waals surface area contributed by atoms with Gasteiger partial charge in [0.2, 0.25) is 11.8 Å². The van der Waals surface area contributed by atoms with Gasteiger partial charge in [-0.05, 0) is 37.5 Å². The molecular weight excluding hydrogens is 318 g/mol. The minimum absolute atomic E-state index is 0.0509. The minimum Gasteiger partial charge on any atom is -0.275 e. The predicted molar refractivity (Wildman–Crippen MR) is 82.0 cm³/mol. The lowest BCUT2D eigenvalue weighted by molar-refractivity contribution is -0.144. The zero-order chi connectivity index (χ0) is 15.1. The van der Waals surface area contributed by atoms with Gasteiger partial charge in [-0.2, -0.15) is 0 Å². The van der Waals surface area contributed by atoms with Gasteiger partial charge in [0.15, 0.2) is 0 Å². The van der Waals surface area contributed by atoms with Gasteiger partial charge in [-0.25, -0.2) is 0 Å². The van der Waals surface area contributed by atoms with Crippen LogP contribution in [0.25, 0.3) is 0 Å². The predicted octanol–water partition coefficient (Wildman–Crippen LogP) is 3.93. The first-order valence-electron chi connectivity index (χ1n) is 6.89.